The number of anilines is 1. The highest BCUT2D eigenvalue weighted by atomic mass is 79.9. The first kappa shape index (κ1) is 22.9. The molecule has 0 saturated carbocycles. The van der Waals surface area contributed by atoms with Gasteiger partial charge in [-0.15, -0.1) is 0 Å². The third kappa shape index (κ3) is 8.69. The number of carbonyl (C=O) groups is 1. The minimum atomic E-state index is -0.945. The van der Waals surface area contributed by atoms with Crippen LogP contribution in [0.25, 0.3) is 0 Å². The Labute approximate surface area is 181 Å². The normalized spacial score (nSPS) is 11.0. The minimum absolute atomic E-state index is 0.246. The Bertz CT molecular complexity index is 791. The lowest BCUT2D eigenvalue weighted by Gasteiger charge is -2.09. The number of ether oxygens (including phenoxy) is 1. The molecule has 0 bridgehead atoms. The van der Waals surface area contributed by atoms with Crippen LogP contribution in [0.3, 0.4) is 0 Å². The molecule has 0 aliphatic heterocycles. The largest absolute Gasteiger partial charge is 0.492 e. The molecule has 0 fully saturated rings. The Balaban J connectivity index is 1.74. The van der Waals surface area contributed by atoms with Gasteiger partial charge in [-0.2, -0.15) is 5.10 Å². The highest BCUT2D eigenvalue weighted by molar-refractivity contribution is 9.10. The van der Waals surface area contributed by atoms with Crippen LogP contribution >= 0.6 is 15.9 Å². The van der Waals surface area contributed by atoms with E-state index in [1.807, 2.05) is 18.2 Å². The van der Waals surface area contributed by atoms with Crippen molar-refractivity contribution in [2.24, 2.45) is 5.10 Å². The molecule has 29 heavy (non-hydrogen) atoms. The van der Waals surface area contributed by atoms with Crippen LogP contribution in [0.4, 0.5) is 5.69 Å². The van der Waals surface area contributed by atoms with Crippen LogP contribution in [0.15, 0.2) is 52.0 Å². The lowest BCUT2D eigenvalue weighted by molar-refractivity contribution is 0.0697. The van der Waals surface area contributed by atoms with Gasteiger partial charge in [0.15, 0.2) is 0 Å². The maximum absolute atomic E-state index is 10.9. The lowest BCUT2D eigenvalue weighted by Crippen LogP contribution is -1.99. The average molecular weight is 461 g/mol. The number of hydrazone groups is 1. The molecule has 0 aliphatic carbocycles. The van der Waals surface area contributed by atoms with E-state index in [2.05, 4.69) is 33.4 Å². The van der Waals surface area contributed by atoms with Gasteiger partial charge in [-0.05, 0) is 70.4 Å². The fraction of sp³-hybridized carbons (Fsp3) is 0.391. The first-order valence-corrected chi connectivity index (χ1v) is 10.9. The molecule has 0 atom stereocenters. The van der Waals surface area contributed by atoms with E-state index in [9.17, 15) is 4.79 Å². The van der Waals surface area contributed by atoms with Crippen LogP contribution in [0, 0.1) is 0 Å². The number of benzene rings is 2. The van der Waals surface area contributed by atoms with Gasteiger partial charge >= 0.3 is 5.97 Å². The van der Waals surface area contributed by atoms with Crippen LogP contribution in [-0.4, -0.2) is 23.9 Å². The number of aromatic carboxylic acids is 1. The van der Waals surface area contributed by atoms with Crippen LogP contribution in [0.2, 0.25) is 0 Å². The van der Waals surface area contributed by atoms with Crippen molar-refractivity contribution in [3.63, 3.8) is 0 Å². The second kappa shape index (κ2) is 13.0. The molecule has 2 rings (SSSR count). The van der Waals surface area contributed by atoms with E-state index < -0.39 is 5.97 Å². The van der Waals surface area contributed by atoms with Crippen molar-refractivity contribution in [3.05, 3.63) is 58.1 Å². The molecule has 0 amide bonds. The van der Waals surface area contributed by atoms with E-state index in [-0.39, 0.29) is 5.56 Å². The van der Waals surface area contributed by atoms with Crippen molar-refractivity contribution in [1.82, 2.24) is 0 Å². The third-order valence-corrected chi connectivity index (χ3v) is 5.12. The third-order valence-electron chi connectivity index (χ3n) is 4.50. The van der Waals surface area contributed by atoms with Gasteiger partial charge in [0.2, 0.25) is 0 Å². The number of halogens is 1. The van der Waals surface area contributed by atoms with E-state index in [0.29, 0.717) is 0 Å². The van der Waals surface area contributed by atoms with Gasteiger partial charge in [0.05, 0.1) is 28.5 Å². The van der Waals surface area contributed by atoms with Gasteiger partial charge in [0.1, 0.15) is 5.75 Å². The Morgan fingerprint density at radius 1 is 1.07 bits per heavy atom. The van der Waals surface area contributed by atoms with Crippen LogP contribution < -0.4 is 10.2 Å². The zero-order valence-corrected chi connectivity index (χ0v) is 18.5. The lowest BCUT2D eigenvalue weighted by atomic mass is 10.1. The minimum Gasteiger partial charge on any atom is -0.492 e. The summed E-state index contributed by atoms with van der Waals surface area (Å²) in [6.07, 6.45) is 10.6. The monoisotopic (exact) mass is 460 g/mol. The predicted octanol–water partition coefficient (Wildman–Crippen LogP) is 6.72. The molecule has 6 heteroatoms. The van der Waals surface area contributed by atoms with Crippen molar-refractivity contribution in [1.29, 1.82) is 0 Å². The Morgan fingerprint density at radius 3 is 2.41 bits per heavy atom. The number of hydrogen-bond acceptors (Lipinski definition) is 4. The summed E-state index contributed by atoms with van der Waals surface area (Å²) in [4.78, 5) is 10.9. The van der Waals surface area contributed by atoms with Gasteiger partial charge < -0.3 is 9.84 Å². The zero-order valence-electron chi connectivity index (χ0n) is 16.9. The standard InChI is InChI=1S/C23H29BrN2O3/c1-2-3-4-5-6-7-8-15-29-22-14-9-18(16-21(22)24)17-25-26-20-12-10-19(11-13-20)23(27)28/h9-14,16-17,26H,2-8,15H2,1H3,(H,27,28). The quantitative estimate of drug-likeness (QED) is 0.197. The molecule has 0 spiro atoms. The number of unbranched alkanes of at least 4 members (excludes halogenated alkanes) is 6. The smallest absolute Gasteiger partial charge is 0.335 e. The summed E-state index contributed by atoms with van der Waals surface area (Å²) < 4.78 is 6.77. The van der Waals surface area contributed by atoms with E-state index in [0.717, 1.165) is 34.5 Å². The summed E-state index contributed by atoms with van der Waals surface area (Å²) in [5, 5.41) is 13.1. The predicted molar refractivity (Wildman–Crippen MR) is 122 cm³/mol. The van der Waals surface area contributed by atoms with Crippen molar-refractivity contribution in [2.75, 3.05) is 12.0 Å². The van der Waals surface area contributed by atoms with Crippen molar-refractivity contribution < 1.29 is 14.6 Å². The highest BCUT2D eigenvalue weighted by Crippen LogP contribution is 2.26. The first-order valence-electron chi connectivity index (χ1n) is 10.1. The molecule has 156 valence electrons. The fourth-order valence-corrected chi connectivity index (χ4v) is 3.34. The maximum atomic E-state index is 10.9. The zero-order chi connectivity index (χ0) is 20.9. The summed E-state index contributed by atoms with van der Waals surface area (Å²) in [6, 6.07) is 12.3. The van der Waals surface area contributed by atoms with E-state index in [1.165, 1.54) is 50.7 Å². The SMILES string of the molecule is CCCCCCCCCOc1ccc(C=NNc2ccc(C(=O)O)cc2)cc1Br. The first-order chi connectivity index (χ1) is 14.1. The summed E-state index contributed by atoms with van der Waals surface area (Å²) in [7, 11) is 0. The summed E-state index contributed by atoms with van der Waals surface area (Å²) in [6.45, 7) is 2.97. The number of hydrogen-bond donors (Lipinski definition) is 2. The highest BCUT2D eigenvalue weighted by Gasteiger charge is 2.03. The molecule has 0 saturated heterocycles. The molecular formula is C23H29BrN2O3. The van der Waals surface area contributed by atoms with Gasteiger partial charge in [-0.25, -0.2) is 4.79 Å². The number of carboxylic acids is 1. The summed E-state index contributed by atoms with van der Waals surface area (Å²) in [5.41, 5.74) is 4.78. The Hall–Kier alpha value is -2.34. The fourth-order valence-electron chi connectivity index (χ4n) is 2.82. The van der Waals surface area contributed by atoms with Gasteiger partial charge in [-0.1, -0.05) is 45.4 Å². The number of rotatable bonds is 13. The van der Waals surface area contributed by atoms with Crippen LogP contribution in [0.5, 0.6) is 5.75 Å². The topological polar surface area (TPSA) is 70.9 Å². The molecule has 2 aromatic carbocycles. The van der Waals surface area contributed by atoms with Crippen molar-refractivity contribution in [3.8, 4) is 5.75 Å². The number of nitrogens with one attached hydrogen (secondary N) is 1. The van der Waals surface area contributed by atoms with E-state index in [1.54, 1.807) is 18.3 Å². The maximum Gasteiger partial charge on any atom is 0.335 e. The molecule has 0 aliphatic rings. The molecule has 0 heterocycles. The second-order valence-electron chi connectivity index (χ2n) is 6.91. The Kier molecular flexibility index (Phi) is 10.3. The van der Waals surface area contributed by atoms with Crippen molar-refractivity contribution in [2.45, 2.75) is 51.9 Å². The molecule has 0 radical (unpaired) electrons. The molecule has 2 N–H and O–H groups in total. The Morgan fingerprint density at radius 2 is 1.76 bits per heavy atom. The van der Waals surface area contributed by atoms with Crippen LogP contribution in [0.1, 0.15) is 67.8 Å². The number of carboxylic acid groups (broad SMARTS) is 1. The van der Waals surface area contributed by atoms with Gasteiger partial charge in [-0.3, -0.25) is 5.43 Å². The summed E-state index contributed by atoms with van der Waals surface area (Å²) >= 11 is 3.55. The molecule has 2 aromatic rings. The summed E-state index contributed by atoms with van der Waals surface area (Å²) in [5.74, 6) is -0.107. The van der Waals surface area contributed by atoms with E-state index in [4.69, 9.17) is 9.84 Å². The van der Waals surface area contributed by atoms with Gasteiger partial charge in [0.25, 0.3) is 0 Å². The second-order valence-corrected chi connectivity index (χ2v) is 7.77. The molecular weight excluding hydrogens is 432 g/mol. The molecule has 0 aromatic heterocycles. The van der Waals surface area contributed by atoms with Gasteiger partial charge in [0, 0.05) is 0 Å². The van der Waals surface area contributed by atoms with Crippen molar-refractivity contribution >= 4 is 33.8 Å². The van der Waals surface area contributed by atoms with Crippen LogP contribution in [-0.2, 0) is 0 Å². The molecule has 5 nitrogen and oxygen atoms in total. The number of nitrogens with zero attached hydrogens (tertiary/aromatic N) is 1. The average Bonchev–Trinajstić information content (AvgIpc) is 2.71. The molecule has 0 unspecified atom stereocenters. The van der Waals surface area contributed by atoms with E-state index >= 15 is 0 Å².